The monoisotopic (exact) mass is 317 g/mol. The van der Waals surface area contributed by atoms with Gasteiger partial charge < -0.3 is 11.1 Å². The zero-order valence-corrected chi connectivity index (χ0v) is 13.9. The summed E-state index contributed by atoms with van der Waals surface area (Å²) < 4.78 is 13.7. The number of alkyl halides is 1. The van der Waals surface area contributed by atoms with Crippen molar-refractivity contribution in [2.75, 3.05) is 11.1 Å². The lowest BCUT2D eigenvalue weighted by Crippen LogP contribution is -2.22. The topological polar surface area (TPSA) is 76.7 Å². The summed E-state index contributed by atoms with van der Waals surface area (Å²) in [4.78, 5) is 12.3. The Kier molecular flexibility index (Phi) is 5.47. The molecule has 2 rings (SSSR count). The van der Waals surface area contributed by atoms with E-state index in [1.807, 2.05) is 18.2 Å². The summed E-state index contributed by atoms with van der Waals surface area (Å²) in [6, 6.07) is 10.5. The Balaban J connectivity index is 1.96. The molecule has 0 fully saturated rings. The Labute approximate surface area is 136 Å². The predicted octanol–water partition coefficient (Wildman–Crippen LogP) is 3.18. The van der Waals surface area contributed by atoms with Crippen molar-refractivity contribution < 1.29 is 4.39 Å². The van der Waals surface area contributed by atoms with E-state index in [4.69, 9.17) is 5.73 Å². The summed E-state index contributed by atoms with van der Waals surface area (Å²) in [6.45, 7) is 5.03. The van der Waals surface area contributed by atoms with Crippen LogP contribution in [0.5, 0.6) is 0 Å². The highest BCUT2D eigenvalue weighted by atomic mass is 19.1. The first-order chi connectivity index (χ1) is 10.8. The zero-order valence-electron chi connectivity index (χ0n) is 13.9. The second kappa shape index (κ2) is 7.35. The zero-order chi connectivity index (χ0) is 16.9. The van der Waals surface area contributed by atoms with Gasteiger partial charge in [-0.3, -0.25) is 0 Å². The number of nitrogens with two attached hydrogens (primary N) is 1. The lowest BCUT2D eigenvalue weighted by molar-refractivity contribution is 0.213. The average molecular weight is 317 g/mol. The van der Waals surface area contributed by atoms with Crippen LogP contribution in [0, 0.1) is 0 Å². The van der Waals surface area contributed by atoms with Crippen LogP contribution in [-0.4, -0.2) is 26.7 Å². The number of hydrogen-bond donors (Lipinski definition) is 2. The van der Waals surface area contributed by atoms with Crippen molar-refractivity contribution in [1.82, 2.24) is 15.0 Å². The van der Waals surface area contributed by atoms with Crippen LogP contribution >= 0.6 is 0 Å². The van der Waals surface area contributed by atoms with Crippen LogP contribution in [0.3, 0.4) is 0 Å². The van der Waals surface area contributed by atoms with E-state index in [0.29, 0.717) is 11.8 Å². The van der Waals surface area contributed by atoms with Gasteiger partial charge in [-0.15, -0.1) is 0 Å². The summed E-state index contributed by atoms with van der Waals surface area (Å²) in [5.74, 6) is 0.872. The third kappa shape index (κ3) is 6.18. The normalized spacial score (nSPS) is 12.9. The minimum atomic E-state index is -1.38. The van der Waals surface area contributed by atoms with Gasteiger partial charge in [-0.1, -0.05) is 30.3 Å². The van der Waals surface area contributed by atoms with Gasteiger partial charge in [0.25, 0.3) is 0 Å². The molecule has 1 aromatic heterocycles. The molecule has 0 saturated heterocycles. The van der Waals surface area contributed by atoms with Gasteiger partial charge in [-0.25, -0.2) is 4.39 Å². The number of hydrogen-bond acceptors (Lipinski definition) is 5. The van der Waals surface area contributed by atoms with Gasteiger partial charge in [0.15, 0.2) is 0 Å². The Morgan fingerprint density at radius 3 is 2.52 bits per heavy atom. The fourth-order valence-corrected chi connectivity index (χ4v) is 2.28. The summed E-state index contributed by atoms with van der Waals surface area (Å²) >= 11 is 0. The van der Waals surface area contributed by atoms with Gasteiger partial charge in [0, 0.05) is 12.5 Å². The van der Waals surface area contributed by atoms with E-state index in [1.165, 1.54) is 19.4 Å². The van der Waals surface area contributed by atoms with E-state index in [-0.39, 0.29) is 18.4 Å². The molecule has 1 atom stereocenters. The number of anilines is 2. The SMILES string of the molecule is CC(CCc1ccccc1)Nc1nc(N)nc(CC(C)(C)F)n1. The van der Waals surface area contributed by atoms with Crippen molar-refractivity contribution in [1.29, 1.82) is 0 Å². The van der Waals surface area contributed by atoms with Crippen LogP contribution in [0.1, 0.15) is 38.6 Å². The molecule has 0 radical (unpaired) electrons. The number of aromatic nitrogens is 3. The Bertz CT molecular complexity index is 625. The molecule has 1 unspecified atom stereocenters. The van der Waals surface area contributed by atoms with E-state index >= 15 is 0 Å². The molecule has 1 heterocycles. The van der Waals surface area contributed by atoms with E-state index in [0.717, 1.165) is 12.8 Å². The minimum absolute atomic E-state index is 0.104. The minimum Gasteiger partial charge on any atom is -0.368 e. The van der Waals surface area contributed by atoms with E-state index in [2.05, 4.69) is 39.3 Å². The summed E-state index contributed by atoms with van der Waals surface area (Å²) in [7, 11) is 0. The quantitative estimate of drug-likeness (QED) is 0.820. The Hall–Kier alpha value is -2.24. The maximum atomic E-state index is 13.7. The van der Waals surface area contributed by atoms with Crippen LogP contribution in [0.15, 0.2) is 30.3 Å². The molecule has 0 bridgehead atoms. The van der Waals surface area contributed by atoms with Gasteiger partial charge in [0.05, 0.1) is 0 Å². The van der Waals surface area contributed by atoms with Crippen LogP contribution in [0.4, 0.5) is 16.3 Å². The van der Waals surface area contributed by atoms with Gasteiger partial charge in [0.2, 0.25) is 11.9 Å². The van der Waals surface area contributed by atoms with Crippen LogP contribution in [0.2, 0.25) is 0 Å². The van der Waals surface area contributed by atoms with Crippen molar-refractivity contribution in [2.45, 2.75) is 51.7 Å². The molecule has 23 heavy (non-hydrogen) atoms. The average Bonchev–Trinajstić information content (AvgIpc) is 2.43. The number of nitrogens with zero attached hydrogens (tertiary/aromatic N) is 3. The molecule has 0 amide bonds. The van der Waals surface area contributed by atoms with Gasteiger partial charge in [-0.2, -0.15) is 15.0 Å². The van der Waals surface area contributed by atoms with Crippen molar-refractivity contribution in [3.63, 3.8) is 0 Å². The lowest BCUT2D eigenvalue weighted by atomic mass is 10.1. The summed E-state index contributed by atoms with van der Waals surface area (Å²) in [6.07, 6.45) is 1.99. The summed E-state index contributed by atoms with van der Waals surface area (Å²) in [5, 5.41) is 3.21. The number of aryl methyl sites for hydroxylation is 1. The number of benzene rings is 1. The molecule has 3 N–H and O–H groups in total. The molecule has 6 heteroatoms. The molecular weight excluding hydrogens is 293 g/mol. The van der Waals surface area contributed by atoms with Crippen molar-refractivity contribution in [3.8, 4) is 0 Å². The predicted molar refractivity (Wildman–Crippen MR) is 91.0 cm³/mol. The highest BCUT2D eigenvalue weighted by Gasteiger charge is 2.19. The first-order valence-electron chi connectivity index (χ1n) is 7.81. The van der Waals surface area contributed by atoms with E-state index in [9.17, 15) is 4.39 Å². The second-order valence-corrected chi connectivity index (χ2v) is 6.40. The second-order valence-electron chi connectivity index (χ2n) is 6.40. The van der Waals surface area contributed by atoms with Gasteiger partial charge in [-0.05, 0) is 39.2 Å². The molecule has 0 spiro atoms. The van der Waals surface area contributed by atoms with E-state index in [1.54, 1.807) is 0 Å². The van der Waals surface area contributed by atoms with Crippen LogP contribution in [-0.2, 0) is 12.8 Å². The number of rotatable bonds is 7. The van der Waals surface area contributed by atoms with Crippen molar-refractivity contribution in [3.05, 3.63) is 41.7 Å². The standard InChI is InChI=1S/C17H24FN5/c1-12(9-10-13-7-5-4-6-8-13)20-16-22-14(11-17(2,3)18)21-15(19)23-16/h4-8,12H,9-11H2,1-3H3,(H3,19,20,21,22,23). The van der Waals surface area contributed by atoms with Crippen LogP contribution < -0.4 is 11.1 Å². The third-order valence-corrected chi connectivity index (χ3v) is 3.36. The van der Waals surface area contributed by atoms with Gasteiger partial charge >= 0.3 is 0 Å². The molecule has 5 nitrogen and oxygen atoms in total. The molecule has 2 aromatic rings. The van der Waals surface area contributed by atoms with Crippen molar-refractivity contribution in [2.24, 2.45) is 0 Å². The fourth-order valence-electron chi connectivity index (χ4n) is 2.28. The number of nitrogens with one attached hydrogen (secondary N) is 1. The molecule has 0 aliphatic rings. The third-order valence-electron chi connectivity index (χ3n) is 3.36. The van der Waals surface area contributed by atoms with Crippen LogP contribution in [0.25, 0.3) is 0 Å². The molecule has 0 aliphatic carbocycles. The number of nitrogen functional groups attached to an aromatic ring is 1. The fraction of sp³-hybridized carbons (Fsp3) is 0.471. The highest BCUT2D eigenvalue weighted by molar-refractivity contribution is 5.32. The maximum Gasteiger partial charge on any atom is 0.227 e. The largest absolute Gasteiger partial charge is 0.368 e. The maximum absolute atomic E-state index is 13.7. The van der Waals surface area contributed by atoms with E-state index < -0.39 is 5.67 Å². The molecule has 1 aromatic carbocycles. The molecule has 0 saturated carbocycles. The first kappa shape index (κ1) is 17.1. The van der Waals surface area contributed by atoms with Crippen molar-refractivity contribution >= 4 is 11.9 Å². The molecular formula is C17H24FN5. The summed E-state index contributed by atoms with van der Waals surface area (Å²) in [5.41, 5.74) is 5.60. The molecule has 0 aliphatic heterocycles. The Morgan fingerprint density at radius 1 is 1.17 bits per heavy atom. The molecule has 124 valence electrons. The Morgan fingerprint density at radius 2 is 1.87 bits per heavy atom. The smallest absolute Gasteiger partial charge is 0.227 e. The number of halogens is 1. The van der Waals surface area contributed by atoms with Gasteiger partial charge in [0.1, 0.15) is 11.5 Å². The lowest BCUT2D eigenvalue weighted by Gasteiger charge is -2.16. The highest BCUT2D eigenvalue weighted by Crippen LogP contribution is 2.16. The first-order valence-corrected chi connectivity index (χ1v) is 7.81.